The maximum absolute atomic E-state index is 12.2. The van der Waals surface area contributed by atoms with Gasteiger partial charge in [0.25, 0.3) is 5.91 Å². The van der Waals surface area contributed by atoms with Crippen molar-refractivity contribution in [3.63, 3.8) is 0 Å². The predicted molar refractivity (Wildman–Crippen MR) is 83.8 cm³/mol. The highest BCUT2D eigenvalue weighted by molar-refractivity contribution is 5.92. The Kier molecular flexibility index (Phi) is 4.87. The van der Waals surface area contributed by atoms with Crippen LogP contribution in [0.5, 0.6) is 0 Å². The number of carbonyl (C=O) groups is 1. The Morgan fingerprint density at radius 3 is 2.19 bits per heavy atom. The van der Waals surface area contributed by atoms with E-state index in [2.05, 4.69) is 10.2 Å². The lowest BCUT2D eigenvalue weighted by Crippen LogP contribution is -2.31. The number of aromatic nitrogens is 2. The number of anilines is 2. The Morgan fingerprint density at radius 2 is 1.67 bits per heavy atom. The highest BCUT2D eigenvalue weighted by Crippen LogP contribution is 2.20. The highest BCUT2D eigenvalue weighted by Gasteiger charge is 2.15. The van der Waals surface area contributed by atoms with Crippen molar-refractivity contribution >= 4 is 17.4 Å². The molecule has 0 atom stereocenters. The van der Waals surface area contributed by atoms with Crippen molar-refractivity contribution in [3.05, 3.63) is 48.2 Å². The summed E-state index contributed by atoms with van der Waals surface area (Å²) in [7, 11) is 1.92. The molecule has 0 aliphatic carbocycles. The van der Waals surface area contributed by atoms with Crippen LogP contribution in [0.3, 0.4) is 0 Å². The third kappa shape index (κ3) is 3.37. The molecule has 1 heterocycles. The zero-order valence-corrected chi connectivity index (χ0v) is 12.7. The summed E-state index contributed by atoms with van der Waals surface area (Å²) in [5.41, 5.74) is 1.40. The second kappa shape index (κ2) is 6.83. The van der Waals surface area contributed by atoms with Gasteiger partial charge in [-0.05, 0) is 38.1 Å². The van der Waals surface area contributed by atoms with E-state index in [1.165, 1.54) is 0 Å². The fraction of sp³-hybridized carbons (Fsp3) is 0.312. The molecule has 0 fully saturated rings. The predicted octanol–water partition coefficient (Wildman–Crippen LogP) is 2.73. The first-order valence-corrected chi connectivity index (χ1v) is 7.09. The monoisotopic (exact) mass is 284 g/mol. The van der Waals surface area contributed by atoms with E-state index < -0.39 is 0 Å². The third-order valence-corrected chi connectivity index (χ3v) is 3.41. The molecule has 0 bridgehead atoms. The molecule has 110 valence electrons. The van der Waals surface area contributed by atoms with Gasteiger partial charge in [-0.1, -0.05) is 18.2 Å². The summed E-state index contributed by atoms with van der Waals surface area (Å²) in [4.78, 5) is 15.8. The minimum absolute atomic E-state index is 0.0820. The minimum Gasteiger partial charge on any atom is -0.338 e. The zero-order chi connectivity index (χ0) is 15.2. The minimum atomic E-state index is -0.0820. The number of carbonyl (C=O) groups excluding carboxylic acids is 1. The number of amides is 1. The normalized spacial score (nSPS) is 10.2. The molecule has 5 nitrogen and oxygen atoms in total. The molecule has 0 saturated heterocycles. The van der Waals surface area contributed by atoms with Gasteiger partial charge < -0.3 is 9.80 Å². The molecule has 0 N–H and O–H groups in total. The van der Waals surface area contributed by atoms with E-state index in [0.29, 0.717) is 24.6 Å². The van der Waals surface area contributed by atoms with Gasteiger partial charge in [0.05, 0.1) is 0 Å². The zero-order valence-electron chi connectivity index (χ0n) is 12.7. The first-order valence-electron chi connectivity index (χ1n) is 7.09. The fourth-order valence-electron chi connectivity index (χ4n) is 2.07. The summed E-state index contributed by atoms with van der Waals surface area (Å²) in [5.74, 6) is 0.624. The Balaban J connectivity index is 2.17. The third-order valence-electron chi connectivity index (χ3n) is 3.41. The van der Waals surface area contributed by atoms with E-state index in [-0.39, 0.29) is 5.91 Å². The van der Waals surface area contributed by atoms with Crippen LogP contribution < -0.4 is 4.90 Å². The van der Waals surface area contributed by atoms with Gasteiger partial charge in [-0.15, -0.1) is 10.2 Å². The van der Waals surface area contributed by atoms with E-state index in [9.17, 15) is 4.79 Å². The van der Waals surface area contributed by atoms with Gasteiger partial charge in [0.1, 0.15) is 0 Å². The lowest BCUT2D eigenvalue weighted by atomic mass is 10.3. The first-order chi connectivity index (χ1) is 10.2. The van der Waals surface area contributed by atoms with Crippen LogP contribution >= 0.6 is 0 Å². The number of rotatable bonds is 5. The molecule has 0 aliphatic rings. The molecule has 1 aromatic heterocycles. The highest BCUT2D eigenvalue weighted by atomic mass is 16.2. The quantitative estimate of drug-likeness (QED) is 0.847. The summed E-state index contributed by atoms with van der Waals surface area (Å²) in [6, 6.07) is 13.4. The summed E-state index contributed by atoms with van der Waals surface area (Å²) in [5, 5.41) is 8.21. The van der Waals surface area contributed by atoms with Gasteiger partial charge in [-0.3, -0.25) is 4.79 Å². The molecule has 2 aromatic rings. The van der Waals surface area contributed by atoms with Crippen molar-refractivity contribution in [2.75, 3.05) is 25.0 Å². The molecule has 0 unspecified atom stereocenters. The Labute approximate surface area is 125 Å². The fourth-order valence-corrected chi connectivity index (χ4v) is 2.07. The summed E-state index contributed by atoms with van der Waals surface area (Å²) in [6.07, 6.45) is 0. The van der Waals surface area contributed by atoms with Crippen molar-refractivity contribution in [3.8, 4) is 0 Å². The van der Waals surface area contributed by atoms with E-state index in [1.54, 1.807) is 11.0 Å². The van der Waals surface area contributed by atoms with Gasteiger partial charge in [0.15, 0.2) is 11.5 Å². The standard InChI is InChI=1S/C16H20N4O/c1-4-20(5-2)16(21)14-11-12-15(18-17-14)19(3)13-9-7-6-8-10-13/h6-12H,4-5H2,1-3H3. The molecule has 5 heteroatoms. The Bertz CT molecular complexity index is 579. The molecular formula is C16H20N4O. The Morgan fingerprint density at radius 1 is 1.00 bits per heavy atom. The van der Waals surface area contributed by atoms with Crippen LogP contribution in [0.2, 0.25) is 0 Å². The molecule has 2 rings (SSSR count). The molecule has 21 heavy (non-hydrogen) atoms. The molecule has 0 spiro atoms. The number of benzene rings is 1. The molecule has 1 amide bonds. The van der Waals surface area contributed by atoms with Crippen LogP contribution in [0.4, 0.5) is 11.5 Å². The first kappa shape index (κ1) is 15.0. The topological polar surface area (TPSA) is 49.3 Å². The summed E-state index contributed by atoms with van der Waals surface area (Å²) < 4.78 is 0. The van der Waals surface area contributed by atoms with Crippen molar-refractivity contribution in [2.45, 2.75) is 13.8 Å². The molecule has 0 radical (unpaired) electrons. The summed E-state index contributed by atoms with van der Waals surface area (Å²) in [6.45, 7) is 5.24. The lowest BCUT2D eigenvalue weighted by Gasteiger charge is -2.19. The maximum atomic E-state index is 12.2. The molecule has 0 aliphatic heterocycles. The van der Waals surface area contributed by atoms with Crippen LogP contribution in [-0.2, 0) is 0 Å². The Hall–Kier alpha value is -2.43. The summed E-state index contributed by atoms with van der Waals surface area (Å²) >= 11 is 0. The van der Waals surface area contributed by atoms with Crippen molar-refractivity contribution in [1.29, 1.82) is 0 Å². The van der Waals surface area contributed by atoms with Gasteiger partial charge in [0, 0.05) is 25.8 Å². The van der Waals surface area contributed by atoms with Gasteiger partial charge in [-0.2, -0.15) is 0 Å². The van der Waals surface area contributed by atoms with Gasteiger partial charge in [-0.25, -0.2) is 0 Å². The average Bonchev–Trinajstić information content (AvgIpc) is 2.56. The lowest BCUT2D eigenvalue weighted by molar-refractivity contribution is 0.0766. The molecular weight excluding hydrogens is 264 g/mol. The number of hydrogen-bond acceptors (Lipinski definition) is 4. The molecule has 0 saturated carbocycles. The van der Waals surface area contributed by atoms with E-state index in [1.807, 2.05) is 62.2 Å². The molecule has 1 aromatic carbocycles. The van der Waals surface area contributed by atoms with Crippen molar-refractivity contribution < 1.29 is 4.79 Å². The van der Waals surface area contributed by atoms with E-state index in [0.717, 1.165) is 5.69 Å². The van der Waals surface area contributed by atoms with Crippen LogP contribution in [0.1, 0.15) is 24.3 Å². The average molecular weight is 284 g/mol. The van der Waals surface area contributed by atoms with Crippen molar-refractivity contribution in [2.24, 2.45) is 0 Å². The van der Waals surface area contributed by atoms with Gasteiger partial charge >= 0.3 is 0 Å². The van der Waals surface area contributed by atoms with Gasteiger partial charge in [0.2, 0.25) is 0 Å². The maximum Gasteiger partial charge on any atom is 0.274 e. The van der Waals surface area contributed by atoms with Crippen LogP contribution in [0, 0.1) is 0 Å². The largest absolute Gasteiger partial charge is 0.338 e. The van der Waals surface area contributed by atoms with Crippen molar-refractivity contribution in [1.82, 2.24) is 15.1 Å². The number of nitrogens with zero attached hydrogens (tertiary/aromatic N) is 4. The second-order valence-electron chi connectivity index (χ2n) is 4.65. The van der Waals surface area contributed by atoms with Crippen LogP contribution in [-0.4, -0.2) is 41.1 Å². The SMILES string of the molecule is CCN(CC)C(=O)c1ccc(N(C)c2ccccc2)nn1. The second-order valence-corrected chi connectivity index (χ2v) is 4.65. The van der Waals surface area contributed by atoms with E-state index in [4.69, 9.17) is 0 Å². The van der Waals surface area contributed by atoms with Crippen LogP contribution in [0.25, 0.3) is 0 Å². The van der Waals surface area contributed by atoms with Crippen LogP contribution in [0.15, 0.2) is 42.5 Å². The number of para-hydroxylation sites is 1. The number of hydrogen-bond donors (Lipinski definition) is 0. The van der Waals surface area contributed by atoms with E-state index >= 15 is 0 Å². The smallest absolute Gasteiger partial charge is 0.274 e.